The van der Waals surface area contributed by atoms with Crippen molar-refractivity contribution in [1.29, 1.82) is 0 Å². The third-order valence-corrected chi connectivity index (χ3v) is 10.6. The first-order valence-electron chi connectivity index (χ1n) is 13.4. The second-order valence-corrected chi connectivity index (χ2v) is 13.3. The third-order valence-electron chi connectivity index (χ3n) is 8.82. The van der Waals surface area contributed by atoms with Gasteiger partial charge >= 0.3 is 0 Å². The number of carbonyl (C=O) groups is 1. The van der Waals surface area contributed by atoms with E-state index >= 15 is 0 Å². The van der Waals surface area contributed by atoms with E-state index in [1.54, 1.807) is 42.5 Å². The Balaban J connectivity index is 1.21. The predicted octanol–water partition coefficient (Wildman–Crippen LogP) is 6.30. The fourth-order valence-electron chi connectivity index (χ4n) is 7.56. The molecule has 192 valence electrons. The van der Waals surface area contributed by atoms with Gasteiger partial charge in [-0.25, -0.2) is 8.42 Å². The largest absolute Gasteiger partial charge is 0.325 e. The van der Waals surface area contributed by atoms with Gasteiger partial charge in [-0.3, -0.25) is 9.10 Å². The summed E-state index contributed by atoms with van der Waals surface area (Å²) in [4.78, 5) is 13.3. The van der Waals surface area contributed by atoms with Crippen LogP contribution in [0.25, 0.3) is 0 Å². The van der Waals surface area contributed by atoms with Crippen molar-refractivity contribution in [2.45, 2.75) is 55.8 Å². The van der Waals surface area contributed by atoms with Gasteiger partial charge in [0.25, 0.3) is 10.0 Å². The van der Waals surface area contributed by atoms with Gasteiger partial charge in [-0.1, -0.05) is 48.5 Å². The molecule has 0 saturated heterocycles. The maximum absolute atomic E-state index is 13.6. The number of nitrogens with zero attached hydrogens (tertiary/aromatic N) is 1. The number of rotatable bonds is 7. The Kier molecular flexibility index (Phi) is 6.10. The van der Waals surface area contributed by atoms with Crippen LogP contribution in [0.3, 0.4) is 0 Å². The maximum atomic E-state index is 13.6. The van der Waals surface area contributed by atoms with Crippen LogP contribution in [0.15, 0.2) is 83.8 Å². The molecular formula is C31H34N2O3S. The number of nitrogens with one attached hydrogen (secondary N) is 1. The molecular weight excluding hydrogens is 480 g/mol. The molecule has 1 N–H and O–H groups in total. The Hall–Kier alpha value is -3.12. The van der Waals surface area contributed by atoms with Crippen molar-refractivity contribution in [3.05, 3.63) is 90.0 Å². The number of carbonyl (C=O) groups excluding carboxylic acids is 1. The minimum atomic E-state index is -3.92. The van der Waals surface area contributed by atoms with Crippen molar-refractivity contribution in [3.63, 3.8) is 0 Å². The second-order valence-electron chi connectivity index (χ2n) is 11.4. The van der Waals surface area contributed by atoms with E-state index in [0.717, 1.165) is 23.3 Å². The molecule has 37 heavy (non-hydrogen) atoms. The van der Waals surface area contributed by atoms with E-state index in [9.17, 15) is 13.2 Å². The van der Waals surface area contributed by atoms with Crippen LogP contribution in [0, 0.1) is 24.7 Å². The molecule has 0 atom stereocenters. The molecule has 0 spiro atoms. The zero-order chi connectivity index (χ0) is 25.6. The number of anilines is 2. The maximum Gasteiger partial charge on any atom is 0.264 e. The lowest BCUT2D eigenvalue weighted by Gasteiger charge is -2.57. The topological polar surface area (TPSA) is 66.5 Å². The van der Waals surface area contributed by atoms with Crippen LogP contribution in [-0.2, 0) is 20.2 Å². The average Bonchev–Trinajstić information content (AvgIpc) is 2.88. The Labute approximate surface area is 220 Å². The van der Waals surface area contributed by atoms with Crippen LogP contribution in [0.2, 0.25) is 0 Å². The molecule has 6 heteroatoms. The fourth-order valence-corrected chi connectivity index (χ4v) is 9.07. The summed E-state index contributed by atoms with van der Waals surface area (Å²) in [5.41, 5.74) is 3.69. The zero-order valence-corrected chi connectivity index (χ0v) is 22.1. The normalized spacial score (nSPS) is 26.1. The van der Waals surface area contributed by atoms with E-state index in [2.05, 4.69) is 17.4 Å². The number of hydrogen-bond donors (Lipinski definition) is 1. The lowest BCUT2D eigenvalue weighted by atomic mass is 9.48. The molecule has 4 fully saturated rings. The van der Waals surface area contributed by atoms with Crippen molar-refractivity contribution in [1.82, 2.24) is 0 Å². The quantitative estimate of drug-likeness (QED) is 0.403. The van der Waals surface area contributed by atoms with Gasteiger partial charge in [0.1, 0.15) is 6.54 Å². The third kappa shape index (κ3) is 4.56. The van der Waals surface area contributed by atoms with E-state index in [0.29, 0.717) is 16.8 Å². The average molecular weight is 515 g/mol. The van der Waals surface area contributed by atoms with Crippen molar-refractivity contribution in [2.24, 2.45) is 17.8 Å². The SMILES string of the molecule is Cc1ccccc1N(CC(=O)Nc1ccc(C23CC4CC(CC(C4)C2)C3)cc1)S(=O)(=O)c1ccccc1. The Morgan fingerprint density at radius 3 is 2.00 bits per heavy atom. The molecule has 0 radical (unpaired) electrons. The van der Waals surface area contributed by atoms with Crippen LogP contribution in [0.5, 0.6) is 0 Å². The van der Waals surface area contributed by atoms with Gasteiger partial charge in [-0.2, -0.15) is 0 Å². The molecule has 7 rings (SSSR count). The summed E-state index contributed by atoms with van der Waals surface area (Å²) in [6.45, 7) is 1.54. The molecule has 0 unspecified atom stereocenters. The van der Waals surface area contributed by atoms with Crippen LogP contribution in [-0.4, -0.2) is 20.9 Å². The number of sulfonamides is 1. The van der Waals surface area contributed by atoms with E-state index in [1.807, 2.05) is 31.2 Å². The van der Waals surface area contributed by atoms with Crippen LogP contribution in [0.1, 0.15) is 49.7 Å². The van der Waals surface area contributed by atoms with Gasteiger partial charge in [0, 0.05) is 5.69 Å². The van der Waals surface area contributed by atoms with Crippen LogP contribution in [0.4, 0.5) is 11.4 Å². The molecule has 3 aromatic rings. The van der Waals surface area contributed by atoms with Gasteiger partial charge < -0.3 is 5.32 Å². The molecule has 4 bridgehead atoms. The van der Waals surface area contributed by atoms with Crippen molar-refractivity contribution in [2.75, 3.05) is 16.2 Å². The summed E-state index contributed by atoms with van der Waals surface area (Å²) in [6.07, 6.45) is 8.14. The highest BCUT2D eigenvalue weighted by Crippen LogP contribution is 2.60. The van der Waals surface area contributed by atoms with Crippen molar-refractivity contribution >= 4 is 27.3 Å². The summed E-state index contributed by atoms with van der Waals surface area (Å²) in [5.74, 6) is 2.27. The smallest absolute Gasteiger partial charge is 0.264 e. The van der Waals surface area contributed by atoms with Gasteiger partial charge in [-0.05, 0) is 110 Å². The summed E-state index contributed by atoms with van der Waals surface area (Å²) >= 11 is 0. The molecule has 4 aliphatic rings. The first-order valence-corrected chi connectivity index (χ1v) is 14.8. The first-order chi connectivity index (χ1) is 17.8. The van der Waals surface area contributed by atoms with E-state index in [-0.39, 0.29) is 17.3 Å². The molecule has 1 amide bonds. The molecule has 0 aliphatic heterocycles. The van der Waals surface area contributed by atoms with Crippen molar-refractivity contribution < 1.29 is 13.2 Å². The highest BCUT2D eigenvalue weighted by atomic mass is 32.2. The molecule has 3 aromatic carbocycles. The van der Waals surface area contributed by atoms with Gasteiger partial charge in [0.15, 0.2) is 0 Å². The number of aryl methyl sites for hydroxylation is 1. The monoisotopic (exact) mass is 514 g/mol. The lowest BCUT2D eigenvalue weighted by Crippen LogP contribution is -2.48. The number of benzene rings is 3. The summed E-state index contributed by atoms with van der Waals surface area (Å²) in [6, 6.07) is 23.8. The second kappa shape index (κ2) is 9.32. The number of para-hydroxylation sites is 1. The molecule has 4 aliphatic carbocycles. The Morgan fingerprint density at radius 1 is 0.838 bits per heavy atom. The van der Waals surface area contributed by atoms with Gasteiger partial charge in [0.2, 0.25) is 5.91 Å². The van der Waals surface area contributed by atoms with Crippen LogP contribution < -0.4 is 9.62 Å². The van der Waals surface area contributed by atoms with E-state index in [4.69, 9.17) is 0 Å². The Morgan fingerprint density at radius 2 is 1.41 bits per heavy atom. The van der Waals surface area contributed by atoms with E-state index < -0.39 is 10.0 Å². The van der Waals surface area contributed by atoms with Crippen LogP contribution >= 0.6 is 0 Å². The molecule has 4 saturated carbocycles. The van der Waals surface area contributed by atoms with E-state index in [1.165, 1.54) is 48.4 Å². The van der Waals surface area contributed by atoms with Crippen molar-refractivity contribution in [3.8, 4) is 0 Å². The molecule has 0 heterocycles. The number of hydrogen-bond acceptors (Lipinski definition) is 3. The minimum Gasteiger partial charge on any atom is -0.325 e. The summed E-state index contributed by atoms with van der Waals surface area (Å²) in [5, 5.41) is 2.94. The van der Waals surface area contributed by atoms with Gasteiger partial charge in [0.05, 0.1) is 10.6 Å². The first kappa shape index (κ1) is 24.2. The highest BCUT2D eigenvalue weighted by Gasteiger charge is 2.51. The predicted molar refractivity (Wildman–Crippen MR) is 147 cm³/mol. The summed E-state index contributed by atoms with van der Waals surface area (Å²) in [7, 11) is -3.92. The molecule has 0 aromatic heterocycles. The zero-order valence-electron chi connectivity index (χ0n) is 21.3. The minimum absolute atomic E-state index is 0.158. The lowest BCUT2D eigenvalue weighted by molar-refractivity contribution is -0.114. The molecule has 5 nitrogen and oxygen atoms in total. The summed E-state index contributed by atoms with van der Waals surface area (Å²) < 4.78 is 28.3. The van der Waals surface area contributed by atoms with Gasteiger partial charge in [-0.15, -0.1) is 0 Å². The standard InChI is InChI=1S/C31H34N2O3S/c1-22-7-5-6-10-29(22)33(37(35,36)28-8-3-2-4-9-28)21-30(34)32-27-13-11-26(12-14-27)31-18-23-15-24(19-31)17-25(16-23)20-31/h2-14,23-25H,15-21H2,1H3,(H,32,34). The fraction of sp³-hybridized carbons (Fsp3) is 0.387. The highest BCUT2D eigenvalue weighted by molar-refractivity contribution is 7.92. The number of amides is 1. The Bertz CT molecular complexity index is 1360.